The molecule has 20 heavy (non-hydrogen) atoms. The minimum atomic E-state index is -0.109. The highest BCUT2D eigenvalue weighted by atomic mass is 19.1. The largest absolute Gasteiger partial charge is 0.368 e. The van der Waals surface area contributed by atoms with E-state index in [-0.39, 0.29) is 11.9 Å². The van der Waals surface area contributed by atoms with E-state index < -0.39 is 0 Å². The van der Waals surface area contributed by atoms with Gasteiger partial charge < -0.3 is 10.2 Å². The summed E-state index contributed by atoms with van der Waals surface area (Å²) in [6.45, 7) is 9.88. The van der Waals surface area contributed by atoms with Crippen molar-refractivity contribution in [2.24, 2.45) is 11.8 Å². The van der Waals surface area contributed by atoms with Gasteiger partial charge in [0.05, 0.1) is 0 Å². The van der Waals surface area contributed by atoms with Gasteiger partial charge in [-0.15, -0.1) is 0 Å². The third-order valence-corrected chi connectivity index (χ3v) is 4.80. The molecule has 0 bridgehead atoms. The number of benzene rings is 1. The lowest BCUT2D eigenvalue weighted by Crippen LogP contribution is -2.46. The second-order valence-electron chi connectivity index (χ2n) is 6.39. The van der Waals surface area contributed by atoms with Crippen LogP contribution in [0.1, 0.15) is 45.7 Å². The van der Waals surface area contributed by atoms with Gasteiger partial charge >= 0.3 is 0 Å². The molecule has 0 aliphatic carbocycles. The van der Waals surface area contributed by atoms with Crippen molar-refractivity contribution < 1.29 is 4.39 Å². The highest BCUT2D eigenvalue weighted by molar-refractivity contribution is 5.56. The lowest BCUT2D eigenvalue weighted by atomic mass is 9.85. The van der Waals surface area contributed by atoms with Crippen molar-refractivity contribution in [3.05, 3.63) is 29.6 Å². The first-order valence-corrected chi connectivity index (χ1v) is 7.68. The molecule has 4 atom stereocenters. The topological polar surface area (TPSA) is 15.3 Å². The standard InChI is InChI=1S/C17H27FN2/c1-11-9-12(2)14(4)20(10-11)16-8-6-7-15(18)17(16)13(3)19-5/h6-8,11-14,19H,9-10H2,1-5H3. The predicted molar refractivity (Wildman–Crippen MR) is 83.6 cm³/mol. The van der Waals surface area contributed by atoms with Gasteiger partial charge in [0.15, 0.2) is 0 Å². The lowest BCUT2D eigenvalue weighted by Gasteiger charge is -2.44. The van der Waals surface area contributed by atoms with Gasteiger partial charge in [-0.2, -0.15) is 0 Å². The van der Waals surface area contributed by atoms with Crippen LogP contribution in [0.2, 0.25) is 0 Å². The van der Waals surface area contributed by atoms with Crippen molar-refractivity contribution in [2.75, 3.05) is 18.5 Å². The summed E-state index contributed by atoms with van der Waals surface area (Å²) in [6, 6.07) is 5.93. The quantitative estimate of drug-likeness (QED) is 0.899. The Morgan fingerprint density at radius 2 is 2.00 bits per heavy atom. The number of nitrogens with zero attached hydrogens (tertiary/aromatic N) is 1. The van der Waals surface area contributed by atoms with E-state index in [9.17, 15) is 4.39 Å². The molecule has 3 heteroatoms. The first-order valence-electron chi connectivity index (χ1n) is 7.68. The summed E-state index contributed by atoms with van der Waals surface area (Å²) in [4.78, 5) is 2.39. The number of nitrogens with one attached hydrogen (secondary N) is 1. The molecule has 1 fully saturated rings. The van der Waals surface area contributed by atoms with Crippen molar-refractivity contribution in [1.29, 1.82) is 0 Å². The zero-order valence-corrected chi connectivity index (χ0v) is 13.3. The molecule has 1 aliphatic rings. The fourth-order valence-corrected chi connectivity index (χ4v) is 3.38. The molecule has 0 amide bonds. The fourth-order valence-electron chi connectivity index (χ4n) is 3.38. The average molecular weight is 278 g/mol. The number of piperidine rings is 1. The van der Waals surface area contributed by atoms with Gasteiger partial charge in [-0.25, -0.2) is 4.39 Å². The Labute approximate surface area is 122 Å². The third kappa shape index (κ3) is 2.83. The zero-order valence-electron chi connectivity index (χ0n) is 13.3. The van der Waals surface area contributed by atoms with E-state index in [2.05, 4.69) is 37.1 Å². The molecular formula is C17H27FN2. The summed E-state index contributed by atoms with van der Waals surface area (Å²) < 4.78 is 14.3. The maximum Gasteiger partial charge on any atom is 0.130 e. The molecule has 2 rings (SSSR count). The summed E-state index contributed by atoms with van der Waals surface area (Å²) in [5, 5.41) is 3.17. The normalized spacial score (nSPS) is 28.5. The van der Waals surface area contributed by atoms with Crippen molar-refractivity contribution in [3.63, 3.8) is 0 Å². The van der Waals surface area contributed by atoms with E-state index in [0.717, 1.165) is 17.8 Å². The second kappa shape index (κ2) is 6.13. The summed E-state index contributed by atoms with van der Waals surface area (Å²) in [7, 11) is 1.88. The van der Waals surface area contributed by atoms with Gasteiger partial charge in [0, 0.05) is 29.9 Å². The predicted octanol–water partition coefficient (Wildman–Crippen LogP) is 3.98. The summed E-state index contributed by atoms with van der Waals surface area (Å²) in [5.41, 5.74) is 1.85. The highest BCUT2D eigenvalue weighted by Crippen LogP contribution is 2.36. The van der Waals surface area contributed by atoms with E-state index in [1.54, 1.807) is 6.07 Å². The molecule has 0 radical (unpaired) electrons. The highest BCUT2D eigenvalue weighted by Gasteiger charge is 2.31. The molecule has 112 valence electrons. The molecule has 1 heterocycles. The van der Waals surface area contributed by atoms with Crippen LogP contribution in [0.4, 0.5) is 10.1 Å². The van der Waals surface area contributed by atoms with Crippen LogP contribution in [0, 0.1) is 17.7 Å². The van der Waals surface area contributed by atoms with Gasteiger partial charge in [0.2, 0.25) is 0 Å². The van der Waals surface area contributed by atoms with E-state index in [1.807, 2.05) is 20.0 Å². The maximum atomic E-state index is 14.3. The zero-order chi connectivity index (χ0) is 14.9. The molecule has 0 saturated carbocycles. The van der Waals surface area contributed by atoms with Crippen LogP contribution in [0.15, 0.2) is 18.2 Å². The van der Waals surface area contributed by atoms with Crippen LogP contribution in [0.25, 0.3) is 0 Å². The van der Waals surface area contributed by atoms with Crippen molar-refractivity contribution >= 4 is 5.69 Å². The van der Waals surface area contributed by atoms with Crippen molar-refractivity contribution in [1.82, 2.24) is 5.32 Å². The summed E-state index contributed by atoms with van der Waals surface area (Å²) in [6.07, 6.45) is 1.25. The molecule has 1 aliphatic heterocycles. The number of rotatable bonds is 3. The summed E-state index contributed by atoms with van der Waals surface area (Å²) in [5.74, 6) is 1.18. The molecule has 0 aromatic heterocycles. The maximum absolute atomic E-state index is 14.3. The Hall–Kier alpha value is -1.09. The number of hydrogen-bond donors (Lipinski definition) is 1. The van der Waals surface area contributed by atoms with Gasteiger partial charge in [0.1, 0.15) is 5.82 Å². The number of anilines is 1. The third-order valence-electron chi connectivity index (χ3n) is 4.80. The SMILES string of the molecule is CNC(C)c1c(F)cccc1N1CC(C)CC(C)C1C. The first kappa shape index (κ1) is 15.3. The molecule has 4 unspecified atom stereocenters. The van der Waals surface area contributed by atoms with Crippen molar-refractivity contribution in [2.45, 2.75) is 46.2 Å². The minimum Gasteiger partial charge on any atom is -0.368 e. The Morgan fingerprint density at radius 3 is 2.65 bits per heavy atom. The van der Waals surface area contributed by atoms with Gasteiger partial charge in [-0.3, -0.25) is 0 Å². The van der Waals surface area contributed by atoms with Crippen LogP contribution >= 0.6 is 0 Å². The molecule has 1 N–H and O–H groups in total. The van der Waals surface area contributed by atoms with Crippen molar-refractivity contribution in [3.8, 4) is 0 Å². The monoisotopic (exact) mass is 278 g/mol. The molecule has 1 aromatic rings. The Bertz CT molecular complexity index is 460. The lowest BCUT2D eigenvalue weighted by molar-refractivity contribution is 0.296. The Balaban J connectivity index is 2.43. The number of hydrogen-bond acceptors (Lipinski definition) is 2. The molecule has 0 spiro atoms. The second-order valence-corrected chi connectivity index (χ2v) is 6.39. The van der Waals surface area contributed by atoms with Crippen LogP contribution < -0.4 is 10.2 Å². The van der Waals surface area contributed by atoms with Gasteiger partial charge in [0.25, 0.3) is 0 Å². The van der Waals surface area contributed by atoms with Crippen LogP contribution in [0.3, 0.4) is 0 Å². The molecule has 2 nitrogen and oxygen atoms in total. The fraction of sp³-hybridized carbons (Fsp3) is 0.647. The first-order chi connectivity index (χ1) is 9.45. The van der Waals surface area contributed by atoms with Gasteiger partial charge in [-0.05, 0) is 51.3 Å². The van der Waals surface area contributed by atoms with E-state index in [4.69, 9.17) is 0 Å². The van der Waals surface area contributed by atoms with E-state index in [0.29, 0.717) is 17.9 Å². The summed E-state index contributed by atoms with van der Waals surface area (Å²) >= 11 is 0. The van der Waals surface area contributed by atoms with E-state index in [1.165, 1.54) is 6.42 Å². The van der Waals surface area contributed by atoms with E-state index >= 15 is 0 Å². The molecular weight excluding hydrogens is 251 g/mol. The van der Waals surface area contributed by atoms with Crippen LogP contribution in [-0.4, -0.2) is 19.6 Å². The Kier molecular flexibility index (Phi) is 4.69. The molecule has 1 aromatic carbocycles. The Morgan fingerprint density at radius 1 is 1.30 bits per heavy atom. The molecule has 1 saturated heterocycles. The van der Waals surface area contributed by atoms with Gasteiger partial charge in [-0.1, -0.05) is 19.9 Å². The smallest absolute Gasteiger partial charge is 0.130 e. The minimum absolute atomic E-state index is 0.0194. The van der Waals surface area contributed by atoms with Crippen LogP contribution in [-0.2, 0) is 0 Å². The average Bonchev–Trinajstić information content (AvgIpc) is 2.41. The number of halogens is 1. The van der Waals surface area contributed by atoms with Crippen LogP contribution in [0.5, 0.6) is 0 Å².